The van der Waals surface area contributed by atoms with Crippen LogP contribution in [0.3, 0.4) is 0 Å². The van der Waals surface area contributed by atoms with Gasteiger partial charge in [0.15, 0.2) is 0 Å². The molecule has 35 heavy (non-hydrogen) atoms. The topological polar surface area (TPSA) is 86.8 Å². The Morgan fingerprint density at radius 3 is 2.49 bits per heavy atom. The first-order valence-electron chi connectivity index (χ1n) is 11.0. The molecule has 3 aromatic rings. The normalized spacial score (nSPS) is 18.5. The van der Waals surface area contributed by atoms with Gasteiger partial charge >= 0.3 is 0 Å². The Morgan fingerprint density at radius 1 is 0.971 bits per heavy atom. The van der Waals surface area contributed by atoms with Gasteiger partial charge < -0.3 is 10.2 Å². The number of nitrogens with zero attached hydrogens (tertiary/aromatic N) is 2. The Hall–Kier alpha value is -3.27. The first kappa shape index (κ1) is 23.5. The highest BCUT2D eigenvalue weighted by Gasteiger charge is 2.42. The minimum Gasteiger partial charge on any atom is -0.324 e. The minimum absolute atomic E-state index is 0.0594. The monoisotopic (exact) mass is 513 g/mol. The molecule has 5 rings (SSSR count). The van der Waals surface area contributed by atoms with E-state index in [9.17, 15) is 22.4 Å². The molecule has 0 spiro atoms. The summed E-state index contributed by atoms with van der Waals surface area (Å²) in [6.45, 7) is -0.00512. The maximum absolute atomic E-state index is 14.5. The summed E-state index contributed by atoms with van der Waals surface area (Å²) in [7, 11) is -3.70. The molecule has 0 aliphatic carbocycles. The Balaban J connectivity index is 1.42. The molecular weight excluding hydrogens is 493 g/mol. The van der Waals surface area contributed by atoms with E-state index >= 15 is 0 Å². The molecular formula is C25H21ClFN3O4S. The summed E-state index contributed by atoms with van der Waals surface area (Å²) in [6.07, 6.45) is 0. The van der Waals surface area contributed by atoms with E-state index in [0.29, 0.717) is 16.8 Å². The van der Waals surface area contributed by atoms with Gasteiger partial charge in [-0.1, -0.05) is 48.0 Å². The van der Waals surface area contributed by atoms with Crippen molar-refractivity contribution in [2.45, 2.75) is 11.8 Å². The first-order valence-corrected chi connectivity index (χ1v) is 12.9. The van der Waals surface area contributed by atoms with Crippen LogP contribution in [0.2, 0.25) is 5.02 Å². The molecule has 0 unspecified atom stereocenters. The zero-order valence-corrected chi connectivity index (χ0v) is 20.0. The maximum Gasteiger partial charge on any atom is 0.256 e. The highest BCUT2D eigenvalue weighted by molar-refractivity contribution is 7.88. The lowest BCUT2D eigenvalue weighted by Gasteiger charge is -2.38. The predicted molar refractivity (Wildman–Crippen MR) is 131 cm³/mol. The number of nitrogens with one attached hydrogen (secondary N) is 1. The number of halogens is 2. The van der Waals surface area contributed by atoms with Crippen molar-refractivity contribution in [2.24, 2.45) is 0 Å². The molecule has 0 saturated carbocycles. The van der Waals surface area contributed by atoms with Gasteiger partial charge in [0.2, 0.25) is 15.9 Å². The largest absolute Gasteiger partial charge is 0.324 e. The van der Waals surface area contributed by atoms with Crippen molar-refractivity contribution >= 4 is 39.1 Å². The molecule has 1 saturated heterocycles. The summed E-state index contributed by atoms with van der Waals surface area (Å²) < 4.78 is 41.8. The number of carbonyl (C=O) groups excluding carboxylic acids is 2. The van der Waals surface area contributed by atoms with Gasteiger partial charge in [-0.15, -0.1) is 0 Å². The third-order valence-electron chi connectivity index (χ3n) is 6.24. The fourth-order valence-corrected chi connectivity index (χ4v) is 6.13. The number of piperazine rings is 1. The van der Waals surface area contributed by atoms with Crippen molar-refractivity contribution in [3.8, 4) is 11.1 Å². The second kappa shape index (κ2) is 9.07. The van der Waals surface area contributed by atoms with Crippen LogP contribution in [0.15, 0.2) is 66.7 Å². The highest BCUT2D eigenvalue weighted by Crippen LogP contribution is 2.32. The number of anilines is 1. The van der Waals surface area contributed by atoms with Gasteiger partial charge in [-0.3, -0.25) is 9.59 Å². The third-order valence-corrected chi connectivity index (χ3v) is 8.29. The van der Waals surface area contributed by atoms with E-state index in [1.165, 1.54) is 27.4 Å². The lowest BCUT2D eigenvalue weighted by atomic mass is 10.0. The van der Waals surface area contributed by atoms with E-state index in [4.69, 9.17) is 11.6 Å². The zero-order valence-electron chi connectivity index (χ0n) is 18.4. The van der Waals surface area contributed by atoms with Crippen LogP contribution in [0.25, 0.3) is 11.1 Å². The average molecular weight is 514 g/mol. The van der Waals surface area contributed by atoms with Crippen molar-refractivity contribution in [1.29, 1.82) is 0 Å². The molecule has 0 bridgehead atoms. The molecule has 2 heterocycles. The number of hydrogen-bond acceptors (Lipinski definition) is 4. The lowest BCUT2D eigenvalue weighted by molar-refractivity contribution is -0.121. The van der Waals surface area contributed by atoms with Crippen molar-refractivity contribution in [3.63, 3.8) is 0 Å². The molecule has 2 aliphatic rings. The zero-order chi connectivity index (χ0) is 24.7. The van der Waals surface area contributed by atoms with Crippen molar-refractivity contribution < 1.29 is 22.4 Å². The number of hydrogen-bond donors (Lipinski definition) is 1. The van der Waals surface area contributed by atoms with E-state index in [1.54, 1.807) is 48.5 Å². The smallest absolute Gasteiger partial charge is 0.256 e. The lowest BCUT2D eigenvalue weighted by Crippen LogP contribution is -2.59. The van der Waals surface area contributed by atoms with Gasteiger partial charge in [0.25, 0.3) is 5.91 Å². The molecule has 10 heteroatoms. The fourth-order valence-electron chi connectivity index (χ4n) is 4.45. The van der Waals surface area contributed by atoms with Crippen LogP contribution in [0.4, 0.5) is 10.1 Å². The number of rotatable bonds is 4. The van der Waals surface area contributed by atoms with Gasteiger partial charge in [0, 0.05) is 30.2 Å². The van der Waals surface area contributed by atoms with E-state index in [2.05, 4.69) is 5.32 Å². The van der Waals surface area contributed by atoms with Crippen LogP contribution in [-0.2, 0) is 20.6 Å². The van der Waals surface area contributed by atoms with Gasteiger partial charge in [-0.25, -0.2) is 12.8 Å². The average Bonchev–Trinajstić information content (AvgIpc) is 2.93. The number of fused-ring (bicyclic) bond motifs is 2. The van der Waals surface area contributed by atoms with Gasteiger partial charge in [-0.2, -0.15) is 4.31 Å². The summed E-state index contributed by atoms with van der Waals surface area (Å²) in [5.74, 6) is -1.61. The van der Waals surface area contributed by atoms with Crippen LogP contribution in [0.5, 0.6) is 0 Å². The summed E-state index contributed by atoms with van der Waals surface area (Å²) in [5, 5.41) is 3.00. The standard InChI is InChI=1S/C25H21ClFN3O4S/c26-18-7-8-19(21(27)13-18)17-6-9-22-20(12-17)25(32)30-11-10-29(14-23(30)24(31)28-22)35(33,34)15-16-4-2-1-3-5-16/h1-9,12-13,23H,10-11,14-15H2,(H,28,31)/t23-/m1/s1. The van der Waals surface area contributed by atoms with Crippen LogP contribution in [0, 0.1) is 5.82 Å². The first-order chi connectivity index (χ1) is 16.7. The Kier molecular flexibility index (Phi) is 6.08. The van der Waals surface area contributed by atoms with Gasteiger partial charge in [0.1, 0.15) is 11.9 Å². The molecule has 7 nitrogen and oxygen atoms in total. The number of carbonyl (C=O) groups is 2. The van der Waals surface area contributed by atoms with Crippen molar-refractivity contribution in [2.75, 3.05) is 25.0 Å². The van der Waals surface area contributed by atoms with Crippen molar-refractivity contribution in [1.82, 2.24) is 9.21 Å². The molecule has 1 atom stereocenters. The summed E-state index contributed by atoms with van der Waals surface area (Å²) in [5.41, 5.74) is 1.89. The van der Waals surface area contributed by atoms with E-state index in [-0.39, 0.29) is 41.5 Å². The molecule has 2 amide bonds. The Labute approximate surface area is 207 Å². The second-order valence-corrected chi connectivity index (χ2v) is 10.9. The molecule has 1 N–H and O–H groups in total. The summed E-state index contributed by atoms with van der Waals surface area (Å²) >= 11 is 5.85. The van der Waals surface area contributed by atoms with E-state index < -0.39 is 33.7 Å². The molecule has 2 aliphatic heterocycles. The quantitative estimate of drug-likeness (QED) is 0.575. The second-order valence-electron chi connectivity index (χ2n) is 8.49. The summed E-state index contributed by atoms with van der Waals surface area (Å²) in [6, 6.07) is 16.8. The Bertz CT molecular complexity index is 1430. The third kappa shape index (κ3) is 4.54. The Morgan fingerprint density at radius 2 is 1.74 bits per heavy atom. The number of amides is 2. The van der Waals surface area contributed by atoms with Crippen LogP contribution >= 0.6 is 11.6 Å². The van der Waals surface area contributed by atoms with Crippen LogP contribution in [-0.4, -0.2) is 55.1 Å². The molecule has 3 aromatic carbocycles. The molecule has 0 radical (unpaired) electrons. The molecule has 1 fully saturated rings. The van der Waals surface area contributed by atoms with Gasteiger partial charge in [-0.05, 0) is 41.5 Å². The SMILES string of the molecule is O=C1Nc2ccc(-c3ccc(Cl)cc3F)cc2C(=O)N2CCN(S(=O)(=O)Cc3ccccc3)C[C@H]12. The summed E-state index contributed by atoms with van der Waals surface area (Å²) in [4.78, 5) is 27.9. The predicted octanol–water partition coefficient (Wildman–Crippen LogP) is 3.75. The maximum atomic E-state index is 14.5. The molecule has 0 aromatic heterocycles. The van der Waals surface area contributed by atoms with Crippen LogP contribution in [0.1, 0.15) is 15.9 Å². The van der Waals surface area contributed by atoms with Gasteiger partial charge in [0.05, 0.1) is 17.0 Å². The number of sulfonamides is 1. The fraction of sp³-hybridized carbons (Fsp3) is 0.200. The minimum atomic E-state index is -3.70. The molecule has 180 valence electrons. The van der Waals surface area contributed by atoms with E-state index in [0.717, 1.165) is 0 Å². The number of benzene rings is 3. The highest BCUT2D eigenvalue weighted by atomic mass is 35.5. The van der Waals surface area contributed by atoms with E-state index in [1.807, 2.05) is 0 Å². The van der Waals surface area contributed by atoms with Crippen LogP contribution < -0.4 is 5.32 Å². The van der Waals surface area contributed by atoms with Crippen molar-refractivity contribution in [3.05, 3.63) is 88.7 Å².